The van der Waals surface area contributed by atoms with Crippen molar-refractivity contribution in [2.75, 3.05) is 20.2 Å². The number of esters is 1. The summed E-state index contributed by atoms with van der Waals surface area (Å²) in [5.41, 5.74) is 0. The summed E-state index contributed by atoms with van der Waals surface area (Å²) in [5.74, 6) is -0.587. The summed E-state index contributed by atoms with van der Waals surface area (Å²) in [6, 6.07) is -0.702. The van der Waals surface area contributed by atoms with E-state index in [1.807, 2.05) is 0 Å². The molecule has 1 aliphatic heterocycles. The molecule has 1 unspecified atom stereocenters. The molecule has 1 fully saturated rings. The smallest absolute Gasteiger partial charge is 0.401 e. The van der Waals surface area contributed by atoms with Crippen LogP contribution in [0.25, 0.3) is 0 Å². The predicted molar refractivity (Wildman–Crippen MR) is 38.0 cm³/mol. The normalized spacial score (nSPS) is 23.8. The summed E-state index contributed by atoms with van der Waals surface area (Å²) >= 11 is 0. The van der Waals surface area contributed by atoms with E-state index in [9.17, 15) is 18.0 Å². The molecule has 0 aromatic heterocycles. The lowest BCUT2D eigenvalue weighted by Gasteiger charge is -2.38. The van der Waals surface area contributed by atoms with Crippen LogP contribution in [0.15, 0.2) is 0 Å². The second kappa shape index (κ2) is 3.53. The van der Waals surface area contributed by atoms with Gasteiger partial charge < -0.3 is 4.74 Å². The summed E-state index contributed by atoms with van der Waals surface area (Å²) in [6.07, 6.45) is -3.80. The van der Waals surface area contributed by atoms with E-state index in [1.54, 1.807) is 0 Å². The number of halogens is 3. The third kappa shape index (κ3) is 2.58. The van der Waals surface area contributed by atoms with Gasteiger partial charge in [-0.15, -0.1) is 0 Å². The van der Waals surface area contributed by atoms with Gasteiger partial charge in [-0.25, -0.2) is 0 Å². The minimum atomic E-state index is -4.24. The minimum absolute atomic E-state index is 0.305. The molecule has 1 atom stereocenters. The molecule has 0 aromatic rings. The number of alkyl halides is 3. The average Bonchev–Trinajstić information content (AvgIpc) is 1.96. The zero-order chi connectivity index (χ0) is 10.1. The molecule has 1 rings (SSSR count). The van der Waals surface area contributed by atoms with Crippen LogP contribution in [0, 0.1) is 0 Å². The molecule has 0 radical (unpaired) electrons. The van der Waals surface area contributed by atoms with E-state index in [0.717, 1.165) is 4.90 Å². The average molecular weight is 197 g/mol. The molecule has 0 N–H and O–H groups in total. The molecule has 1 aliphatic rings. The number of nitrogens with zero attached hydrogens (tertiary/aromatic N) is 1. The molecule has 13 heavy (non-hydrogen) atoms. The number of likely N-dealkylation sites (tertiary alicyclic amines) is 1. The van der Waals surface area contributed by atoms with Crippen LogP contribution in [-0.2, 0) is 9.53 Å². The van der Waals surface area contributed by atoms with Gasteiger partial charge in [0.05, 0.1) is 13.7 Å². The quantitative estimate of drug-likeness (QED) is 0.613. The van der Waals surface area contributed by atoms with E-state index in [4.69, 9.17) is 0 Å². The Balaban J connectivity index is 2.41. The second-order valence-electron chi connectivity index (χ2n) is 2.91. The first-order valence-electron chi connectivity index (χ1n) is 3.82. The van der Waals surface area contributed by atoms with Crippen molar-refractivity contribution in [3.8, 4) is 0 Å². The molecule has 1 heterocycles. The molecule has 0 aromatic carbocycles. The van der Waals surface area contributed by atoms with Gasteiger partial charge >= 0.3 is 12.1 Å². The molecular weight excluding hydrogens is 187 g/mol. The molecule has 0 amide bonds. The molecular formula is C7H10F3NO2. The number of hydrogen-bond donors (Lipinski definition) is 0. The lowest BCUT2D eigenvalue weighted by molar-refractivity contribution is -0.175. The fourth-order valence-electron chi connectivity index (χ4n) is 1.26. The lowest BCUT2D eigenvalue weighted by Crippen LogP contribution is -2.55. The SMILES string of the molecule is COC(=O)C1CCN1CC(F)(F)F. The van der Waals surface area contributed by atoms with Crippen LogP contribution in [0.4, 0.5) is 13.2 Å². The lowest BCUT2D eigenvalue weighted by atomic mass is 10.0. The fraction of sp³-hybridized carbons (Fsp3) is 0.857. The first-order valence-corrected chi connectivity index (χ1v) is 3.82. The van der Waals surface area contributed by atoms with Gasteiger partial charge in [-0.05, 0) is 6.42 Å². The molecule has 0 bridgehead atoms. The minimum Gasteiger partial charge on any atom is -0.468 e. The van der Waals surface area contributed by atoms with E-state index in [-0.39, 0.29) is 0 Å². The highest BCUT2D eigenvalue weighted by Crippen LogP contribution is 2.25. The monoisotopic (exact) mass is 197 g/mol. The number of carbonyl (C=O) groups is 1. The largest absolute Gasteiger partial charge is 0.468 e. The Labute approximate surface area is 73.5 Å². The predicted octanol–water partition coefficient (Wildman–Crippen LogP) is 0.796. The maximum atomic E-state index is 11.9. The fourth-order valence-corrected chi connectivity index (χ4v) is 1.26. The van der Waals surface area contributed by atoms with E-state index < -0.39 is 24.7 Å². The summed E-state index contributed by atoms with van der Waals surface area (Å²) in [4.78, 5) is 11.9. The molecule has 3 nitrogen and oxygen atoms in total. The van der Waals surface area contributed by atoms with Gasteiger partial charge in [0.15, 0.2) is 0 Å². The van der Waals surface area contributed by atoms with Gasteiger partial charge in [-0.3, -0.25) is 9.69 Å². The number of methoxy groups -OCH3 is 1. The summed E-state index contributed by atoms with van der Waals surface area (Å²) in [5, 5.41) is 0. The molecule has 6 heteroatoms. The van der Waals surface area contributed by atoms with Crippen LogP contribution in [0.5, 0.6) is 0 Å². The molecule has 0 saturated carbocycles. The van der Waals surface area contributed by atoms with Gasteiger partial charge in [0.25, 0.3) is 0 Å². The van der Waals surface area contributed by atoms with Gasteiger partial charge in [-0.2, -0.15) is 13.2 Å². The van der Waals surface area contributed by atoms with Crippen LogP contribution >= 0.6 is 0 Å². The number of hydrogen-bond acceptors (Lipinski definition) is 3. The highest BCUT2D eigenvalue weighted by molar-refractivity contribution is 5.76. The second-order valence-corrected chi connectivity index (χ2v) is 2.91. The molecule has 1 saturated heterocycles. The Bertz CT molecular complexity index is 204. The number of ether oxygens (including phenoxy) is 1. The summed E-state index contributed by atoms with van der Waals surface area (Å²) in [6.45, 7) is -0.730. The Morgan fingerprint density at radius 3 is 2.54 bits per heavy atom. The highest BCUT2D eigenvalue weighted by Gasteiger charge is 2.41. The Morgan fingerprint density at radius 1 is 1.62 bits per heavy atom. The van der Waals surface area contributed by atoms with Crippen molar-refractivity contribution in [2.24, 2.45) is 0 Å². The van der Waals surface area contributed by atoms with Crippen molar-refractivity contribution in [1.29, 1.82) is 0 Å². The van der Waals surface area contributed by atoms with E-state index >= 15 is 0 Å². The van der Waals surface area contributed by atoms with Crippen LogP contribution < -0.4 is 0 Å². The summed E-state index contributed by atoms with van der Waals surface area (Å²) < 4.78 is 40.0. The number of carbonyl (C=O) groups excluding carboxylic acids is 1. The van der Waals surface area contributed by atoms with E-state index in [1.165, 1.54) is 7.11 Å². The third-order valence-corrected chi connectivity index (χ3v) is 1.99. The van der Waals surface area contributed by atoms with Gasteiger partial charge in [0.1, 0.15) is 6.04 Å². The van der Waals surface area contributed by atoms with E-state index in [0.29, 0.717) is 13.0 Å². The van der Waals surface area contributed by atoms with Crippen molar-refractivity contribution in [3.05, 3.63) is 0 Å². The third-order valence-electron chi connectivity index (χ3n) is 1.99. The highest BCUT2D eigenvalue weighted by atomic mass is 19.4. The Morgan fingerprint density at radius 2 is 2.23 bits per heavy atom. The van der Waals surface area contributed by atoms with Crippen LogP contribution in [-0.4, -0.2) is 43.3 Å². The van der Waals surface area contributed by atoms with Crippen molar-refractivity contribution in [3.63, 3.8) is 0 Å². The summed E-state index contributed by atoms with van der Waals surface area (Å²) in [7, 11) is 1.17. The van der Waals surface area contributed by atoms with Crippen molar-refractivity contribution < 1.29 is 22.7 Å². The molecule has 0 spiro atoms. The first kappa shape index (κ1) is 10.3. The van der Waals surface area contributed by atoms with Crippen LogP contribution in [0.3, 0.4) is 0 Å². The van der Waals surface area contributed by atoms with Crippen molar-refractivity contribution in [1.82, 2.24) is 4.90 Å². The van der Waals surface area contributed by atoms with Crippen molar-refractivity contribution >= 4 is 5.97 Å². The van der Waals surface area contributed by atoms with Gasteiger partial charge in [0.2, 0.25) is 0 Å². The maximum Gasteiger partial charge on any atom is 0.401 e. The molecule has 0 aliphatic carbocycles. The maximum absolute atomic E-state index is 11.9. The van der Waals surface area contributed by atoms with E-state index in [2.05, 4.69) is 4.74 Å². The van der Waals surface area contributed by atoms with Crippen LogP contribution in [0.1, 0.15) is 6.42 Å². The number of rotatable bonds is 2. The van der Waals surface area contributed by atoms with Gasteiger partial charge in [-0.1, -0.05) is 0 Å². The topological polar surface area (TPSA) is 29.5 Å². The Hall–Kier alpha value is -0.780. The Kier molecular flexibility index (Phi) is 2.80. The zero-order valence-electron chi connectivity index (χ0n) is 7.10. The molecule has 76 valence electrons. The first-order chi connectivity index (χ1) is 5.94. The van der Waals surface area contributed by atoms with Crippen molar-refractivity contribution in [2.45, 2.75) is 18.6 Å². The van der Waals surface area contributed by atoms with Gasteiger partial charge in [0, 0.05) is 6.54 Å². The standard InChI is InChI=1S/C7H10F3NO2/c1-13-6(12)5-2-3-11(5)4-7(8,9)10/h5H,2-4H2,1H3. The zero-order valence-corrected chi connectivity index (χ0v) is 7.10. The van der Waals surface area contributed by atoms with Crippen LogP contribution in [0.2, 0.25) is 0 Å².